The topological polar surface area (TPSA) is 68.0 Å². The van der Waals surface area contributed by atoms with Crippen LogP contribution in [0.4, 0.5) is 5.13 Å². The Morgan fingerprint density at radius 1 is 1.35 bits per heavy atom. The fraction of sp³-hybridized carbons (Fsp3) is 0.412. The number of hydrogen-bond donors (Lipinski definition) is 2. The normalized spacial score (nSPS) is 15.9. The molecule has 0 spiro atoms. The second-order valence-corrected chi connectivity index (χ2v) is 7.31. The highest BCUT2D eigenvalue weighted by molar-refractivity contribution is 7.13. The SMILES string of the molecule is Nc1nc(CCCNC(=O)C2(c3ccc(Cl)cc3)CCC2)cs1. The van der Waals surface area contributed by atoms with Gasteiger partial charge in [0.25, 0.3) is 0 Å². The van der Waals surface area contributed by atoms with Crippen LogP contribution in [0.1, 0.15) is 36.9 Å². The summed E-state index contributed by atoms with van der Waals surface area (Å²) in [4.78, 5) is 16.9. The molecule has 1 heterocycles. The molecule has 1 fully saturated rings. The van der Waals surface area contributed by atoms with Crippen molar-refractivity contribution in [3.05, 3.63) is 45.9 Å². The van der Waals surface area contributed by atoms with Gasteiger partial charge in [-0.2, -0.15) is 0 Å². The lowest BCUT2D eigenvalue weighted by Gasteiger charge is -2.40. The van der Waals surface area contributed by atoms with Crippen molar-refractivity contribution in [2.24, 2.45) is 0 Å². The van der Waals surface area contributed by atoms with E-state index in [2.05, 4.69) is 10.3 Å². The van der Waals surface area contributed by atoms with Crippen molar-refractivity contribution in [1.82, 2.24) is 10.3 Å². The molecule has 1 aliphatic rings. The summed E-state index contributed by atoms with van der Waals surface area (Å²) in [6.45, 7) is 0.658. The van der Waals surface area contributed by atoms with Crippen LogP contribution in [0.3, 0.4) is 0 Å². The van der Waals surface area contributed by atoms with Gasteiger partial charge in [-0.25, -0.2) is 4.98 Å². The van der Waals surface area contributed by atoms with Gasteiger partial charge in [-0.05, 0) is 43.4 Å². The zero-order valence-electron chi connectivity index (χ0n) is 12.8. The van der Waals surface area contributed by atoms with Crippen LogP contribution in [0.15, 0.2) is 29.6 Å². The van der Waals surface area contributed by atoms with Crippen molar-refractivity contribution in [3.8, 4) is 0 Å². The van der Waals surface area contributed by atoms with E-state index in [0.29, 0.717) is 16.7 Å². The van der Waals surface area contributed by atoms with E-state index in [1.807, 2.05) is 29.6 Å². The molecular weight excluding hydrogens is 330 g/mol. The molecule has 0 bridgehead atoms. The number of thiazole rings is 1. The molecule has 122 valence electrons. The molecule has 3 N–H and O–H groups in total. The van der Waals surface area contributed by atoms with Crippen molar-refractivity contribution >= 4 is 34.0 Å². The summed E-state index contributed by atoms with van der Waals surface area (Å²) in [7, 11) is 0. The molecule has 1 aliphatic carbocycles. The van der Waals surface area contributed by atoms with E-state index < -0.39 is 0 Å². The number of nitrogen functional groups attached to an aromatic ring is 1. The maximum absolute atomic E-state index is 12.7. The Kier molecular flexibility index (Phi) is 4.87. The number of nitrogens with one attached hydrogen (secondary N) is 1. The van der Waals surface area contributed by atoms with Crippen molar-refractivity contribution in [2.45, 2.75) is 37.5 Å². The van der Waals surface area contributed by atoms with Crippen molar-refractivity contribution in [3.63, 3.8) is 0 Å². The molecule has 2 aromatic rings. The molecule has 3 rings (SSSR count). The monoisotopic (exact) mass is 349 g/mol. The quantitative estimate of drug-likeness (QED) is 0.783. The summed E-state index contributed by atoms with van der Waals surface area (Å²) < 4.78 is 0. The first-order valence-electron chi connectivity index (χ1n) is 7.84. The molecule has 4 nitrogen and oxygen atoms in total. The van der Waals surface area contributed by atoms with Crippen LogP contribution in [-0.4, -0.2) is 17.4 Å². The van der Waals surface area contributed by atoms with Gasteiger partial charge in [0.15, 0.2) is 5.13 Å². The number of carbonyl (C=O) groups excluding carboxylic acids is 1. The lowest BCUT2D eigenvalue weighted by atomic mass is 9.64. The van der Waals surface area contributed by atoms with Crippen molar-refractivity contribution in [2.75, 3.05) is 12.3 Å². The third-order valence-electron chi connectivity index (χ3n) is 4.50. The van der Waals surface area contributed by atoms with Gasteiger partial charge in [0.05, 0.1) is 11.1 Å². The Morgan fingerprint density at radius 2 is 2.09 bits per heavy atom. The maximum Gasteiger partial charge on any atom is 0.230 e. The number of aromatic nitrogens is 1. The minimum Gasteiger partial charge on any atom is -0.375 e. The van der Waals surface area contributed by atoms with E-state index in [-0.39, 0.29) is 11.3 Å². The summed E-state index contributed by atoms with van der Waals surface area (Å²) >= 11 is 7.40. The highest BCUT2D eigenvalue weighted by Crippen LogP contribution is 2.44. The van der Waals surface area contributed by atoms with E-state index >= 15 is 0 Å². The Morgan fingerprint density at radius 3 is 2.65 bits per heavy atom. The molecule has 23 heavy (non-hydrogen) atoms. The third-order valence-corrected chi connectivity index (χ3v) is 5.48. The fourth-order valence-electron chi connectivity index (χ4n) is 3.02. The zero-order valence-corrected chi connectivity index (χ0v) is 14.4. The summed E-state index contributed by atoms with van der Waals surface area (Å²) in [6.07, 6.45) is 4.61. The van der Waals surface area contributed by atoms with Crippen LogP contribution < -0.4 is 11.1 Å². The van der Waals surface area contributed by atoms with Crippen molar-refractivity contribution in [1.29, 1.82) is 0 Å². The van der Waals surface area contributed by atoms with Gasteiger partial charge in [-0.15, -0.1) is 11.3 Å². The smallest absolute Gasteiger partial charge is 0.230 e. The van der Waals surface area contributed by atoms with Gasteiger partial charge in [0, 0.05) is 16.9 Å². The maximum atomic E-state index is 12.7. The van der Waals surface area contributed by atoms with Gasteiger partial charge < -0.3 is 11.1 Å². The van der Waals surface area contributed by atoms with Crippen LogP contribution >= 0.6 is 22.9 Å². The van der Waals surface area contributed by atoms with Gasteiger partial charge in [0.1, 0.15) is 0 Å². The van der Waals surface area contributed by atoms with E-state index in [9.17, 15) is 4.79 Å². The van der Waals surface area contributed by atoms with E-state index in [0.717, 1.165) is 43.4 Å². The molecule has 1 aromatic heterocycles. The molecule has 0 aliphatic heterocycles. The summed E-state index contributed by atoms with van der Waals surface area (Å²) in [5.41, 5.74) is 7.32. The molecule has 0 saturated heterocycles. The highest BCUT2D eigenvalue weighted by atomic mass is 35.5. The van der Waals surface area contributed by atoms with Gasteiger partial charge in [0.2, 0.25) is 5.91 Å². The Balaban J connectivity index is 1.54. The summed E-state index contributed by atoms with van der Waals surface area (Å²) in [5.74, 6) is 0.129. The molecular formula is C17H20ClN3OS. The van der Waals surface area contributed by atoms with Crippen LogP contribution in [-0.2, 0) is 16.6 Å². The molecule has 0 atom stereocenters. The average Bonchev–Trinajstić information content (AvgIpc) is 2.90. The Hall–Kier alpha value is -1.59. The number of nitrogens with two attached hydrogens (primary N) is 1. The number of benzene rings is 1. The molecule has 0 unspecified atom stereocenters. The van der Waals surface area contributed by atoms with Gasteiger partial charge in [-0.1, -0.05) is 30.2 Å². The highest BCUT2D eigenvalue weighted by Gasteiger charge is 2.45. The standard InChI is InChI=1S/C17H20ClN3OS/c18-13-6-4-12(5-7-13)17(8-2-9-17)15(22)20-10-1-3-14-11-23-16(19)21-14/h4-7,11H,1-3,8-10H2,(H2,19,21)(H,20,22). The van der Waals surface area contributed by atoms with Crippen LogP contribution in [0.25, 0.3) is 0 Å². The lowest BCUT2D eigenvalue weighted by molar-refractivity contribution is -0.129. The second-order valence-electron chi connectivity index (χ2n) is 5.98. The van der Waals surface area contributed by atoms with Crippen molar-refractivity contribution < 1.29 is 4.79 Å². The fourth-order valence-corrected chi connectivity index (χ4v) is 3.75. The first-order valence-corrected chi connectivity index (χ1v) is 9.10. The average molecular weight is 350 g/mol. The molecule has 1 saturated carbocycles. The minimum absolute atomic E-state index is 0.129. The largest absolute Gasteiger partial charge is 0.375 e. The number of hydrogen-bond acceptors (Lipinski definition) is 4. The Bertz CT molecular complexity index is 679. The minimum atomic E-state index is -0.365. The van der Waals surface area contributed by atoms with E-state index in [1.165, 1.54) is 11.3 Å². The number of aryl methyl sites for hydroxylation is 1. The first-order chi connectivity index (χ1) is 11.1. The number of amides is 1. The number of nitrogens with zero attached hydrogens (tertiary/aromatic N) is 1. The number of anilines is 1. The van der Waals surface area contributed by atoms with Crippen LogP contribution in [0, 0.1) is 0 Å². The molecule has 1 aromatic carbocycles. The summed E-state index contributed by atoms with van der Waals surface area (Å²) in [6, 6.07) is 7.66. The molecule has 0 radical (unpaired) electrons. The predicted molar refractivity (Wildman–Crippen MR) is 94.8 cm³/mol. The third kappa shape index (κ3) is 3.51. The number of halogens is 1. The van der Waals surface area contributed by atoms with Crippen LogP contribution in [0.5, 0.6) is 0 Å². The molecule has 1 amide bonds. The lowest BCUT2D eigenvalue weighted by Crippen LogP contribution is -2.49. The van der Waals surface area contributed by atoms with E-state index in [1.54, 1.807) is 0 Å². The molecule has 6 heteroatoms. The predicted octanol–water partition coefficient (Wildman–Crippen LogP) is 3.55. The number of carbonyl (C=O) groups is 1. The van der Waals surface area contributed by atoms with Gasteiger partial charge in [-0.3, -0.25) is 4.79 Å². The Labute approximate surface area is 145 Å². The summed E-state index contributed by atoms with van der Waals surface area (Å²) in [5, 5.41) is 6.36. The zero-order chi connectivity index (χ0) is 16.3. The van der Waals surface area contributed by atoms with E-state index in [4.69, 9.17) is 17.3 Å². The number of rotatable bonds is 6. The van der Waals surface area contributed by atoms with Crippen LogP contribution in [0.2, 0.25) is 5.02 Å². The second kappa shape index (κ2) is 6.89. The van der Waals surface area contributed by atoms with Gasteiger partial charge >= 0.3 is 0 Å². The first kappa shape index (κ1) is 16.3.